The predicted molar refractivity (Wildman–Crippen MR) is 88.1 cm³/mol. The fraction of sp³-hybridized carbons (Fsp3) is 0.471. The highest BCUT2D eigenvalue weighted by Gasteiger charge is 2.29. The molecule has 0 aromatic heterocycles. The monoisotopic (exact) mass is 289 g/mol. The summed E-state index contributed by atoms with van der Waals surface area (Å²) in [5, 5.41) is 0. The van der Waals surface area contributed by atoms with E-state index in [0.29, 0.717) is 5.71 Å². The normalized spacial score (nSPS) is 14.4. The first kappa shape index (κ1) is 16.8. The summed E-state index contributed by atoms with van der Waals surface area (Å²) in [7, 11) is 0. The highest BCUT2D eigenvalue weighted by molar-refractivity contribution is 7.91. The second-order valence-corrected chi connectivity index (χ2v) is 8.57. The Labute approximate surface area is 126 Å². The van der Waals surface area contributed by atoms with Crippen LogP contribution in [0.25, 0.3) is 0 Å². The molecule has 0 radical (unpaired) electrons. The fourth-order valence-electron chi connectivity index (χ4n) is 1.22. The SMILES string of the molecule is CC(C)(C)C(C#Cc1ccccc1)=N[S+]([O-])C(C)(C)C. The van der Waals surface area contributed by atoms with Gasteiger partial charge in [-0.2, -0.15) is 0 Å². The Morgan fingerprint density at radius 1 is 1.05 bits per heavy atom. The largest absolute Gasteiger partial charge is 0.591 e. The molecule has 1 rings (SSSR count). The summed E-state index contributed by atoms with van der Waals surface area (Å²) in [4.78, 5) is 0. The molecule has 108 valence electrons. The molecule has 0 spiro atoms. The molecule has 0 saturated carbocycles. The van der Waals surface area contributed by atoms with Crippen molar-refractivity contribution < 1.29 is 4.55 Å². The maximum absolute atomic E-state index is 12.2. The van der Waals surface area contributed by atoms with Crippen molar-refractivity contribution in [2.75, 3.05) is 0 Å². The molecular weight excluding hydrogens is 266 g/mol. The third kappa shape index (κ3) is 5.40. The summed E-state index contributed by atoms with van der Waals surface area (Å²) in [6, 6.07) is 9.76. The molecule has 0 fully saturated rings. The molecule has 20 heavy (non-hydrogen) atoms. The molecule has 0 amide bonds. The number of rotatable bonds is 1. The molecule has 0 heterocycles. The van der Waals surface area contributed by atoms with Gasteiger partial charge in [0.15, 0.2) is 0 Å². The summed E-state index contributed by atoms with van der Waals surface area (Å²) < 4.78 is 16.2. The van der Waals surface area contributed by atoms with Gasteiger partial charge in [-0.3, -0.25) is 0 Å². The van der Waals surface area contributed by atoms with Crippen molar-refractivity contribution in [1.82, 2.24) is 0 Å². The molecule has 1 unspecified atom stereocenters. The molecule has 2 nitrogen and oxygen atoms in total. The standard InChI is InChI=1S/C17H23NOS/c1-16(2,3)15(18-20(19)17(4,5)6)13-12-14-10-8-7-9-11-14/h7-11H,1-6H3. The lowest BCUT2D eigenvalue weighted by Crippen LogP contribution is -2.29. The van der Waals surface area contributed by atoms with Crippen molar-refractivity contribution in [3.8, 4) is 11.8 Å². The molecule has 1 aromatic carbocycles. The van der Waals surface area contributed by atoms with E-state index < -0.39 is 11.4 Å². The van der Waals surface area contributed by atoms with Crippen LogP contribution in [0.3, 0.4) is 0 Å². The van der Waals surface area contributed by atoms with Gasteiger partial charge < -0.3 is 4.55 Å². The summed E-state index contributed by atoms with van der Waals surface area (Å²) >= 11 is -1.29. The minimum atomic E-state index is -1.29. The van der Waals surface area contributed by atoms with Gasteiger partial charge in [0, 0.05) is 11.0 Å². The number of benzene rings is 1. The van der Waals surface area contributed by atoms with E-state index in [1.807, 2.05) is 71.9 Å². The van der Waals surface area contributed by atoms with Gasteiger partial charge in [0.25, 0.3) is 0 Å². The average Bonchev–Trinajstić information content (AvgIpc) is 2.32. The third-order valence-electron chi connectivity index (χ3n) is 2.51. The van der Waals surface area contributed by atoms with E-state index in [-0.39, 0.29) is 10.2 Å². The van der Waals surface area contributed by atoms with Gasteiger partial charge >= 0.3 is 0 Å². The Kier molecular flexibility index (Phi) is 5.44. The van der Waals surface area contributed by atoms with E-state index in [0.717, 1.165) is 5.56 Å². The van der Waals surface area contributed by atoms with Gasteiger partial charge in [-0.15, -0.1) is 0 Å². The molecule has 0 saturated heterocycles. The van der Waals surface area contributed by atoms with Crippen LogP contribution in [-0.2, 0) is 11.4 Å². The quantitative estimate of drug-likeness (QED) is 0.437. The zero-order valence-electron chi connectivity index (χ0n) is 13.2. The van der Waals surface area contributed by atoms with Crippen LogP contribution in [0.2, 0.25) is 0 Å². The van der Waals surface area contributed by atoms with Crippen LogP contribution in [0.15, 0.2) is 34.7 Å². The van der Waals surface area contributed by atoms with Crippen molar-refractivity contribution >= 4 is 17.1 Å². The topological polar surface area (TPSA) is 35.4 Å². The highest BCUT2D eigenvalue weighted by atomic mass is 32.2. The Balaban J connectivity index is 3.11. The van der Waals surface area contributed by atoms with E-state index in [2.05, 4.69) is 16.2 Å². The van der Waals surface area contributed by atoms with E-state index in [9.17, 15) is 4.55 Å². The lowest BCUT2D eigenvalue weighted by atomic mass is 9.90. The Morgan fingerprint density at radius 3 is 2.05 bits per heavy atom. The van der Waals surface area contributed by atoms with Crippen LogP contribution in [-0.4, -0.2) is 15.0 Å². The zero-order chi connectivity index (χ0) is 15.4. The Bertz CT molecular complexity index is 524. The van der Waals surface area contributed by atoms with Crippen LogP contribution in [0.4, 0.5) is 0 Å². The first-order valence-corrected chi connectivity index (χ1v) is 7.79. The summed E-state index contributed by atoms with van der Waals surface area (Å²) in [5.41, 5.74) is 1.39. The van der Waals surface area contributed by atoms with Crippen LogP contribution < -0.4 is 0 Å². The van der Waals surface area contributed by atoms with Gasteiger partial charge in [0.1, 0.15) is 21.8 Å². The molecule has 0 aliphatic carbocycles. The van der Waals surface area contributed by atoms with Crippen molar-refractivity contribution in [2.24, 2.45) is 9.81 Å². The molecule has 3 heteroatoms. The summed E-state index contributed by atoms with van der Waals surface area (Å²) in [6.07, 6.45) is 0. The molecule has 1 aromatic rings. The Morgan fingerprint density at radius 2 is 1.60 bits per heavy atom. The first-order valence-electron chi connectivity index (χ1n) is 6.69. The minimum Gasteiger partial charge on any atom is -0.591 e. The maximum Gasteiger partial charge on any atom is 0.146 e. The van der Waals surface area contributed by atoms with E-state index in [4.69, 9.17) is 0 Å². The van der Waals surface area contributed by atoms with Gasteiger partial charge in [-0.1, -0.05) is 49.3 Å². The number of nitrogens with zero attached hydrogens (tertiary/aromatic N) is 1. The molecular formula is C17H23NOS. The molecule has 0 bridgehead atoms. The van der Waals surface area contributed by atoms with Gasteiger partial charge in [0.2, 0.25) is 0 Å². The fourth-order valence-corrected chi connectivity index (χ4v) is 1.98. The molecule has 0 aliphatic rings. The van der Waals surface area contributed by atoms with Crippen molar-refractivity contribution in [3.63, 3.8) is 0 Å². The summed E-state index contributed by atoms with van der Waals surface area (Å²) in [6.45, 7) is 11.8. The van der Waals surface area contributed by atoms with Crippen molar-refractivity contribution in [1.29, 1.82) is 0 Å². The lowest BCUT2D eigenvalue weighted by Gasteiger charge is -2.22. The predicted octanol–water partition coefficient (Wildman–Crippen LogP) is 3.99. The van der Waals surface area contributed by atoms with Gasteiger partial charge in [0.05, 0.1) is 0 Å². The van der Waals surface area contributed by atoms with Crippen molar-refractivity contribution in [2.45, 2.75) is 46.3 Å². The zero-order valence-corrected chi connectivity index (χ0v) is 14.0. The van der Waals surface area contributed by atoms with E-state index in [1.165, 1.54) is 0 Å². The maximum atomic E-state index is 12.2. The second kappa shape index (κ2) is 6.47. The minimum absolute atomic E-state index is 0.220. The van der Waals surface area contributed by atoms with Gasteiger partial charge in [-0.05, 0) is 38.8 Å². The van der Waals surface area contributed by atoms with Crippen LogP contribution in [0, 0.1) is 17.3 Å². The summed E-state index contributed by atoms with van der Waals surface area (Å²) in [5.74, 6) is 6.18. The van der Waals surface area contributed by atoms with E-state index >= 15 is 0 Å². The smallest absolute Gasteiger partial charge is 0.146 e. The number of hydrogen-bond acceptors (Lipinski definition) is 2. The third-order valence-corrected chi connectivity index (χ3v) is 3.90. The molecule has 0 N–H and O–H groups in total. The van der Waals surface area contributed by atoms with Crippen LogP contribution in [0.1, 0.15) is 47.1 Å². The number of hydrogen-bond donors (Lipinski definition) is 0. The highest BCUT2D eigenvalue weighted by Crippen LogP contribution is 2.22. The van der Waals surface area contributed by atoms with Crippen molar-refractivity contribution in [3.05, 3.63) is 35.9 Å². The van der Waals surface area contributed by atoms with Gasteiger partial charge in [-0.25, -0.2) is 0 Å². The lowest BCUT2D eigenvalue weighted by molar-refractivity contribution is 0.557. The van der Waals surface area contributed by atoms with Crippen LogP contribution >= 0.6 is 0 Å². The molecule has 0 aliphatic heterocycles. The average molecular weight is 289 g/mol. The van der Waals surface area contributed by atoms with Crippen LogP contribution in [0.5, 0.6) is 0 Å². The Hall–Kier alpha value is -1.24. The first-order chi connectivity index (χ1) is 9.10. The molecule has 1 atom stereocenters. The second-order valence-electron chi connectivity index (χ2n) is 6.67. The van der Waals surface area contributed by atoms with E-state index in [1.54, 1.807) is 0 Å².